The molecule has 0 saturated carbocycles. The maximum absolute atomic E-state index is 10.1. The number of hydrogen-bond donors (Lipinski definition) is 4. The first-order chi connectivity index (χ1) is 11.5. The Morgan fingerprint density at radius 2 is 0.875 bits per heavy atom. The average Bonchev–Trinajstić information content (AvgIpc) is 2.56. The highest BCUT2D eigenvalue weighted by Gasteiger charge is 2.12. The van der Waals surface area contributed by atoms with E-state index < -0.39 is 0 Å². The van der Waals surface area contributed by atoms with Crippen molar-refractivity contribution in [3.8, 4) is 23.0 Å². The van der Waals surface area contributed by atoms with E-state index in [-0.39, 0.29) is 23.0 Å². The van der Waals surface area contributed by atoms with E-state index in [1.165, 1.54) is 6.07 Å². The highest BCUT2D eigenvalue weighted by atomic mass is 16.3. The van der Waals surface area contributed by atoms with Crippen molar-refractivity contribution in [2.75, 3.05) is 0 Å². The van der Waals surface area contributed by atoms with Crippen molar-refractivity contribution in [2.24, 2.45) is 0 Å². The highest BCUT2D eigenvalue weighted by molar-refractivity contribution is 5.50. The monoisotopic (exact) mass is 322 g/mol. The summed E-state index contributed by atoms with van der Waals surface area (Å²) in [6, 6.07) is 16.8. The molecule has 0 aliphatic carbocycles. The predicted molar refractivity (Wildman–Crippen MR) is 91.6 cm³/mol. The molecule has 0 fully saturated rings. The van der Waals surface area contributed by atoms with Gasteiger partial charge < -0.3 is 20.4 Å². The molecule has 0 aliphatic heterocycles. The van der Waals surface area contributed by atoms with E-state index >= 15 is 0 Å². The number of phenols is 4. The molecule has 0 saturated heterocycles. The Hall–Kier alpha value is -3.14. The van der Waals surface area contributed by atoms with Gasteiger partial charge in [0.15, 0.2) is 0 Å². The quantitative estimate of drug-likeness (QED) is 0.590. The third-order valence-corrected chi connectivity index (χ3v) is 4.02. The first-order valence-corrected chi connectivity index (χ1v) is 7.62. The van der Waals surface area contributed by atoms with Gasteiger partial charge in [0, 0.05) is 18.9 Å². The number of benzene rings is 3. The van der Waals surface area contributed by atoms with E-state index in [4.69, 9.17) is 0 Å². The molecule has 4 N–H and O–H groups in total. The zero-order chi connectivity index (χ0) is 17.1. The second-order valence-electron chi connectivity index (χ2n) is 5.72. The summed E-state index contributed by atoms with van der Waals surface area (Å²) >= 11 is 0. The van der Waals surface area contributed by atoms with Gasteiger partial charge in [0.05, 0.1) is 0 Å². The second-order valence-corrected chi connectivity index (χ2v) is 5.72. The zero-order valence-corrected chi connectivity index (χ0v) is 13.0. The van der Waals surface area contributed by atoms with E-state index in [0.717, 1.165) is 0 Å². The molecule has 4 nitrogen and oxygen atoms in total. The van der Waals surface area contributed by atoms with E-state index in [1.54, 1.807) is 42.5 Å². The van der Waals surface area contributed by atoms with Crippen LogP contribution in [0.15, 0.2) is 60.7 Å². The molecule has 0 heterocycles. The summed E-state index contributed by atoms with van der Waals surface area (Å²) in [5.41, 5.74) is 2.57. The summed E-state index contributed by atoms with van der Waals surface area (Å²) < 4.78 is 0. The molecule has 0 spiro atoms. The van der Waals surface area contributed by atoms with Gasteiger partial charge in [-0.2, -0.15) is 0 Å². The Labute approximate surface area is 139 Å². The van der Waals surface area contributed by atoms with Crippen molar-refractivity contribution < 1.29 is 20.4 Å². The molecular formula is C20H18O4. The second kappa shape index (κ2) is 6.54. The van der Waals surface area contributed by atoms with Crippen molar-refractivity contribution in [2.45, 2.75) is 12.8 Å². The minimum Gasteiger partial charge on any atom is -0.508 e. The van der Waals surface area contributed by atoms with Crippen molar-refractivity contribution >= 4 is 0 Å². The first kappa shape index (κ1) is 15.7. The van der Waals surface area contributed by atoms with Gasteiger partial charge in [-0.3, -0.25) is 0 Å². The minimum atomic E-state index is -0.0308. The lowest BCUT2D eigenvalue weighted by molar-refractivity contribution is 0.441. The van der Waals surface area contributed by atoms with Crippen LogP contribution in [0.3, 0.4) is 0 Å². The Bertz CT molecular complexity index is 803. The fourth-order valence-electron chi connectivity index (χ4n) is 2.69. The van der Waals surface area contributed by atoms with Crippen LogP contribution in [0.5, 0.6) is 23.0 Å². The maximum atomic E-state index is 10.1. The van der Waals surface area contributed by atoms with Crippen LogP contribution in [-0.2, 0) is 12.8 Å². The number of hydrogen-bond acceptors (Lipinski definition) is 4. The largest absolute Gasteiger partial charge is 0.508 e. The van der Waals surface area contributed by atoms with E-state index in [1.807, 2.05) is 12.1 Å². The van der Waals surface area contributed by atoms with Gasteiger partial charge in [-0.1, -0.05) is 36.4 Å². The predicted octanol–water partition coefficient (Wildman–Crippen LogP) is 3.69. The van der Waals surface area contributed by atoms with Gasteiger partial charge in [0.1, 0.15) is 23.0 Å². The van der Waals surface area contributed by atoms with Crippen molar-refractivity contribution in [1.29, 1.82) is 0 Å². The van der Waals surface area contributed by atoms with E-state index in [0.29, 0.717) is 35.1 Å². The lowest BCUT2D eigenvalue weighted by Crippen LogP contribution is -1.95. The molecule has 3 aromatic rings. The van der Waals surface area contributed by atoms with Crippen LogP contribution < -0.4 is 0 Å². The van der Waals surface area contributed by atoms with Gasteiger partial charge in [0.2, 0.25) is 0 Å². The Kier molecular flexibility index (Phi) is 4.29. The van der Waals surface area contributed by atoms with Gasteiger partial charge in [-0.15, -0.1) is 0 Å². The minimum absolute atomic E-state index is 0.0308. The van der Waals surface area contributed by atoms with Crippen LogP contribution in [0.1, 0.15) is 22.3 Å². The van der Waals surface area contributed by atoms with Crippen LogP contribution >= 0.6 is 0 Å². The highest BCUT2D eigenvalue weighted by Crippen LogP contribution is 2.33. The number of aromatic hydroxyl groups is 4. The number of phenolic OH excluding ortho intramolecular Hbond substituents is 4. The molecule has 0 radical (unpaired) electrons. The molecule has 0 unspecified atom stereocenters. The smallest absolute Gasteiger partial charge is 0.122 e. The third-order valence-electron chi connectivity index (χ3n) is 4.02. The first-order valence-electron chi connectivity index (χ1n) is 7.62. The standard InChI is InChI=1S/C20H18O4/c21-17-7-3-1-5-13(17)9-15-11-16(20(24)12-19(15)23)10-14-6-2-4-8-18(14)22/h1-8,11-12,21-24H,9-10H2. The zero-order valence-electron chi connectivity index (χ0n) is 13.0. The molecule has 4 heteroatoms. The Morgan fingerprint density at radius 1 is 0.458 bits per heavy atom. The topological polar surface area (TPSA) is 80.9 Å². The average molecular weight is 322 g/mol. The van der Waals surface area contributed by atoms with Gasteiger partial charge in [0.25, 0.3) is 0 Å². The summed E-state index contributed by atoms with van der Waals surface area (Å²) in [5, 5.41) is 40.0. The van der Waals surface area contributed by atoms with Crippen LogP contribution in [0.25, 0.3) is 0 Å². The molecule has 0 bridgehead atoms. The fourth-order valence-corrected chi connectivity index (χ4v) is 2.69. The molecule has 0 amide bonds. The third kappa shape index (κ3) is 3.27. The lowest BCUT2D eigenvalue weighted by atomic mass is 9.97. The van der Waals surface area contributed by atoms with Crippen LogP contribution in [0, 0.1) is 0 Å². The van der Waals surface area contributed by atoms with E-state index in [9.17, 15) is 20.4 Å². The van der Waals surface area contributed by atoms with Crippen molar-refractivity contribution in [3.63, 3.8) is 0 Å². The SMILES string of the molecule is Oc1ccccc1Cc1cc(Cc2ccccc2O)c(O)cc1O. The molecule has 3 aromatic carbocycles. The number of para-hydroxylation sites is 2. The molecule has 0 atom stereocenters. The molecule has 0 aromatic heterocycles. The van der Waals surface area contributed by atoms with Crippen LogP contribution in [0.2, 0.25) is 0 Å². The van der Waals surface area contributed by atoms with Gasteiger partial charge >= 0.3 is 0 Å². The number of rotatable bonds is 4. The molecule has 24 heavy (non-hydrogen) atoms. The lowest BCUT2D eigenvalue weighted by Gasteiger charge is -2.12. The molecule has 3 rings (SSSR count). The Balaban J connectivity index is 1.94. The maximum Gasteiger partial charge on any atom is 0.122 e. The molecule has 0 aliphatic rings. The van der Waals surface area contributed by atoms with Crippen LogP contribution in [-0.4, -0.2) is 20.4 Å². The summed E-state index contributed by atoms with van der Waals surface area (Å²) in [4.78, 5) is 0. The van der Waals surface area contributed by atoms with Crippen LogP contribution in [0.4, 0.5) is 0 Å². The van der Waals surface area contributed by atoms with Crippen molar-refractivity contribution in [1.82, 2.24) is 0 Å². The van der Waals surface area contributed by atoms with Gasteiger partial charge in [-0.25, -0.2) is 0 Å². The van der Waals surface area contributed by atoms with E-state index in [2.05, 4.69) is 0 Å². The van der Waals surface area contributed by atoms with Gasteiger partial charge in [-0.05, 0) is 40.5 Å². The Morgan fingerprint density at radius 3 is 1.29 bits per heavy atom. The van der Waals surface area contributed by atoms with Crippen molar-refractivity contribution in [3.05, 3.63) is 82.9 Å². The summed E-state index contributed by atoms with van der Waals surface area (Å²) in [6.45, 7) is 0. The molecule has 122 valence electrons. The molecular weight excluding hydrogens is 304 g/mol. The summed E-state index contributed by atoms with van der Waals surface area (Å²) in [6.07, 6.45) is 0.680. The fraction of sp³-hybridized carbons (Fsp3) is 0.100. The summed E-state index contributed by atoms with van der Waals surface area (Å²) in [5.74, 6) is 0.257. The summed E-state index contributed by atoms with van der Waals surface area (Å²) in [7, 11) is 0. The normalized spacial score (nSPS) is 10.7.